The molecule has 31 heavy (non-hydrogen) atoms. The number of rotatable bonds is 4. The number of aryl methyl sites for hydroxylation is 1. The van der Waals surface area contributed by atoms with Gasteiger partial charge in [0.15, 0.2) is 11.5 Å². The lowest BCUT2D eigenvalue weighted by Crippen LogP contribution is -2.13. The molecule has 152 valence electrons. The first-order valence-corrected chi connectivity index (χ1v) is 10.4. The predicted molar refractivity (Wildman–Crippen MR) is 121 cm³/mol. The molecule has 8 heteroatoms. The summed E-state index contributed by atoms with van der Waals surface area (Å²) in [6.45, 7) is 1.91. The smallest absolute Gasteiger partial charge is 0.276 e. The number of hydrogen-bond donors (Lipinski definition) is 2. The van der Waals surface area contributed by atoms with Crippen LogP contribution in [0.15, 0.2) is 72.2 Å². The van der Waals surface area contributed by atoms with Gasteiger partial charge in [-0.2, -0.15) is 5.10 Å². The second kappa shape index (κ2) is 7.66. The molecule has 7 nitrogen and oxygen atoms in total. The maximum atomic E-state index is 12.9. The van der Waals surface area contributed by atoms with E-state index in [9.17, 15) is 9.90 Å². The molecular formula is C23H17N5O2S. The number of carbonyl (C=O) groups is 1. The topological polar surface area (TPSA) is 92.9 Å². The number of nitrogens with zero attached hydrogens (tertiary/aromatic N) is 4. The fourth-order valence-corrected chi connectivity index (χ4v) is 3.99. The van der Waals surface area contributed by atoms with Crippen LogP contribution in [0.25, 0.3) is 27.3 Å². The van der Waals surface area contributed by atoms with Crippen molar-refractivity contribution in [2.24, 2.45) is 0 Å². The number of carbonyl (C=O) groups excluding carboxylic acids is 1. The Morgan fingerprint density at radius 2 is 1.90 bits per heavy atom. The molecule has 2 N–H and O–H groups in total. The minimum atomic E-state index is -0.350. The summed E-state index contributed by atoms with van der Waals surface area (Å²) < 4.78 is 2.73. The molecule has 0 saturated carbocycles. The molecule has 5 rings (SSSR count). The van der Waals surface area contributed by atoms with Gasteiger partial charge in [0, 0.05) is 16.9 Å². The summed E-state index contributed by atoms with van der Waals surface area (Å²) >= 11 is 1.56. The van der Waals surface area contributed by atoms with E-state index < -0.39 is 0 Å². The number of phenols is 1. The van der Waals surface area contributed by atoms with E-state index in [-0.39, 0.29) is 17.4 Å². The molecule has 0 aliphatic carbocycles. The van der Waals surface area contributed by atoms with Gasteiger partial charge in [-0.3, -0.25) is 4.79 Å². The van der Waals surface area contributed by atoms with Crippen LogP contribution in [0.3, 0.4) is 0 Å². The predicted octanol–water partition coefficient (Wildman–Crippen LogP) is 4.81. The van der Waals surface area contributed by atoms with Gasteiger partial charge in [-0.15, -0.1) is 11.3 Å². The minimum Gasteiger partial charge on any atom is -0.508 e. The number of hydrogen-bond acceptors (Lipinski definition) is 6. The summed E-state index contributed by atoms with van der Waals surface area (Å²) in [6.07, 6.45) is 0. The van der Waals surface area contributed by atoms with Crippen LogP contribution in [0.4, 0.5) is 5.69 Å². The van der Waals surface area contributed by atoms with Gasteiger partial charge >= 0.3 is 0 Å². The lowest BCUT2D eigenvalue weighted by Gasteiger charge is -2.07. The summed E-state index contributed by atoms with van der Waals surface area (Å²) in [7, 11) is 0. The van der Waals surface area contributed by atoms with Crippen molar-refractivity contribution in [1.29, 1.82) is 0 Å². The standard InChI is InChI=1S/C23H17N5O2S/c1-14-3-2-4-22(25-14)28-20(15-5-10-18-21(11-15)31-13-24-18)12-19(27-28)23(30)26-16-6-8-17(29)9-7-16/h2-13,29H,1H3,(H,26,30). The van der Waals surface area contributed by atoms with Gasteiger partial charge in [-0.05, 0) is 61.5 Å². The number of pyridine rings is 1. The fourth-order valence-electron chi connectivity index (χ4n) is 3.27. The Kier molecular flexibility index (Phi) is 4.68. The van der Waals surface area contributed by atoms with E-state index in [0.29, 0.717) is 11.5 Å². The highest BCUT2D eigenvalue weighted by Gasteiger charge is 2.18. The maximum Gasteiger partial charge on any atom is 0.276 e. The van der Waals surface area contributed by atoms with Gasteiger partial charge in [0.1, 0.15) is 5.75 Å². The number of aromatic hydroxyl groups is 1. The molecule has 1 amide bonds. The van der Waals surface area contributed by atoms with Gasteiger partial charge in [0.25, 0.3) is 5.91 Å². The Morgan fingerprint density at radius 1 is 1.06 bits per heavy atom. The highest BCUT2D eigenvalue weighted by molar-refractivity contribution is 7.16. The molecule has 3 heterocycles. The van der Waals surface area contributed by atoms with Crippen molar-refractivity contribution >= 4 is 33.1 Å². The minimum absolute atomic E-state index is 0.133. The highest BCUT2D eigenvalue weighted by atomic mass is 32.1. The number of nitrogens with one attached hydrogen (secondary N) is 1. The van der Waals surface area contributed by atoms with Crippen LogP contribution < -0.4 is 5.32 Å². The van der Waals surface area contributed by atoms with Crippen molar-refractivity contribution in [2.45, 2.75) is 6.92 Å². The number of phenolic OH excluding ortho intramolecular Hbond substituents is 1. The Bertz CT molecular complexity index is 1410. The quantitative estimate of drug-likeness (QED) is 0.402. The Balaban J connectivity index is 1.59. The zero-order valence-electron chi connectivity index (χ0n) is 16.5. The summed E-state index contributed by atoms with van der Waals surface area (Å²) in [4.78, 5) is 21.8. The lowest BCUT2D eigenvalue weighted by atomic mass is 10.1. The van der Waals surface area contributed by atoms with E-state index in [1.54, 1.807) is 34.2 Å². The second-order valence-corrected chi connectivity index (χ2v) is 7.89. The average molecular weight is 427 g/mol. The largest absolute Gasteiger partial charge is 0.508 e. The van der Waals surface area contributed by atoms with Crippen LogP contribution in [0.2, 0.25) is 0 Å². The van der Waals surface area contributed by atoms with Gasteiger partial charge in [0.2, 0.25) is 0 Å². The molecule has 0 unspecified atom stereocenters. The monoisotopic (exact) mass is 427 g/mol. The van der Waals surface area contributed by atoms with Crippen LogP contribution >= 0.6 is 11.3 Å². The molecule has 0 radical (unpaired) electrons. The van der Waals surface area contributed by atoms with E-state index in [1.807, 2.05) is 48.8 Å². The Hall–Kier alpha value is -4.04. The molecule has 0 spiro atoms. The Morgan fingerprint density at radius 3 is 2.71 bits per heavy atom. The zero-order chi connectivity index (χ0) is 21.4. The summed E-state index contributed by atoms with van der Waals surface area (Å²) in [5.41, 5.74) is 6.09. The summed E-state index contributed by atoms with van der Waals surface area (Å²) in [5.74, 6) is 0.411. The van der Waals surface area contributed by atoms with Gasteiger partial charge in [-0.1, -0.05) is 12.1 Å². The maximum absolute atomic E-state index is 12.9. The van der Waals surface area contributed by atoms with Crippen LogP contribution in [-0.4, -0.2) is 30.8 Å². The molecular weight excluding hydrogens is 410 g/mol. The van der Waals surface area contributed by atoms with E-state index in [2.05, 4.69) is 20.4 Å². The van der Waals surface area contributed by atoms with Crippen LogP contribution in [0.5, 0.6) is 5.75 Å². The third-order valence-corrected chi connectivity index (χ3v) is 5.58. The van der Waals surface area contributed by atoms with Crippen molar-refractivity contribution in [1.82, 2.24) is 19.7 Å². The van der Waals surface area contributed by atoms with Crippen LogP contribution in [0, 0.1) is 6.92 Å². The van der Waals surface area contributed by atoms with E-state index in [0.717, 1.165) is 27.2 Å². The van der Waals surface area contributed by atoms with Crippen molar-refractivity contribution in [3.63, 3.8) is 0 Å². The second-order valence-electron chi connectivity index (χ2n) is 7.00. The number of aromatic nitrogens is 4. The van der Waals surface area contributed by atoms with E-state index in [4.69, 9.17) is 0 Å². The fraction of sp³-hybridized carbons (Fsp3) is 0.0435. The molecule has 0 bridgehead atoms. The summed E-state index contributed by atoms with van der Waals surface area (Å²) in [5, 5.41) is 16.8. The molecule has 0 fully saturated rings. The number of fused-ring (bicyclic) bond motifs is 1. The molecule has 2 aromatic carbocycles. The van der Waals surface area contributed by atoms with Gasteiger partial charge < -0.3 is 10.4 Å². The molecule has 3 aromatic heterocycles. The molecule has 0 aliphatic heterocycles. The van der Waals surface area contributed by atoms with Crippen molar-refractivity contribution in [2.75, 3.05) is 5.32 Å². The lowest BCUT2D eigenvalue weighted by molar-refractivity contribution is 0.102. The van der Waals surface area contributed by atoms with Gasteiger partial charge in [0.05, 0.1) is 21.4 Å². The van der Waals surface area contributed by atoms with Crippen molar-refractivity contribution in [3.8, 4) is 22.8 Å². The average Bonchev–Trinajstić information content (AvgIpc) is 3.42. The van der Waals surface area contributed by atoms with Crippen LogP contribution in [0.1, 0.15) is 16.2 Å². The normalized spacial score (nSPS) is 11.0. The third-order valence-electron chi connectivity index (χ3n) is 4.78. The highest BCUT2D eigenvalue weighted by Crippen LogP contribution is 2.29. The third kappa shape index (κ3) is 3.76. The molecule has 0 saturated heterocycles. The first-order valence-electron chi connectivity index (χ1n) is 9.55. The van der Waals surface area contributed by atoms with E-state index in [1.165, 1.54) is 12.1 Å². The number of anilines is 1. The molecule has 5 aromatic rings. The summed E-state index contributed by atoms with van der Waals surface area (Å²) in [6, 6.07) is 19.7. The first kappa shape index (κ1) is 19.0. The van der Waals surface area contributed by atoms with Crippen molar-refractivity contribution in [3.05, 3.63) is 83.6 Å². The number of benzene rings is 2. The SMILES string of the molecule is Cc1cccc(-n2nc(C(=O)Nc3ccc(O)cc3)cc2-c2ccc3ncsc3c2)n1. The number of amides is 1. The Labute approximate surface area is 181 Å². The van der Waals surface area contributed by atoms with E-state index >= 15 is 0 Å². The van der Waals surface area contributed by atoms with Crippen LogP contribution in [-0.2, 0) is 0 Å². The molecule has 0 aliphatic rings. The van der Waals surface area contributed by atoms with Crippen molar-refractivity contribution < 1.29 is 9.90 Å². The number of thiazole rings is 1. The molecule has 0 atom stereocenters. The first-order chi connectivity index (χ1) is 15.1. The zero-order valence-corrected chi connectivity index (χ0v) is 17.3. The van der Waals surface area contributed by atoms with Gasteiger partial charge in [-0.25, -0.2) is 14.6 Å².